The molecule has 70 valence electrons. The minimum absolute atomic E-state index is 0.638. The Kier molecular flexibility index (Phi) is 2.70. The highest BCUT2D eigenvalue weighted by atomic mass is 79.9. The summed E-state index contributed by atoms with van der Waals surface area (Å²) in [4.78, 5) is 0. The maximum absolute atomic E-state index is 3.61. The van der Waals surface area contributed by atoms with E-state index in [1.807, 2.05) is 0 Å². The van der Waals surface area contributed by atoms with E-state index in [0.29, 0.717) is 6.04 Å². The number of hydrogen-bond donors (Lipinski definition) is 1. The molecule has 1 unspecified atom stereocenters. The van der Waals surface area contributed by atoms with Gasteiger partial charge in [0.2, 0.25) is 0 Å². The third-order valence-electron chi connectivity index (χ3n) is 2.68. The van der Waals surface area contributed by atoms with Crippen LogP contribution in [0.2, 0.25) is 0 Å². The smallest absolute Gasteiger partial charge is 0.0211 e. The van der Waals surface area contributed by atoms with Crippen molar-refractivity contribution >= 4 is 15.9 Å². The molecule has 0 fully saturated rings. The van der Waals surface area contributed by atoms with E-state index in [0.717, 1.165) is 6.54 Å². The molecule has 2 rings (SSSR count). The quantitative estimate of drug-likeness (QED) is 0.735. The van der Waals surface area contributed by atoms with Crippen molar-refractivity contribution in [1.82, 2.24) is 5.32 Å². The lowest BCUT2D eigenvalue weighted by Gasteiger charge is -2.07. The van der Waals surface area contributed by atoms with Crippen molar-refractivity contribution < 1.29 is 0 Å². The third-order valence-corrected chi connectivity index (χ3v) is 3.43. The first kappa shape index (κ1) is 9.22. The highest BCUT2D eigenvalue weighted by Gasteiger charge is 2.13. The molecule has 0 aromatic heterocycles. The summed E-state index contributed by atoms with van der Waals surface area (Å²) in [6.07, 6.45) is 2.42. The fourth-order valence-corrected chi connectivity index (χ4v) is 2.40. The van der Waals surface area contributed by atoms with Gasteiger partial charge in [-0.25, -0.2) is 0 Å². The summed E-state index contributed by atoms with van der Waals surface area (Å²) in [5, 5.41) is 3.51. The molecule has 0 amide bonds. The average molecular weight is 240 g/mol. The zero-order chi connectivity index (χ0) is 9.26. The van der Waals surface area contributed by atoms with Gasteiger partial charge in [0.15, 0.2) is 0 Å². The summed E-state index contributed by atoms with van der Waals surface area (Å²) in [5.74, 6) is 0. The van der Waals surface area contributed by atoms with Gasteiger partial charge in [-0.3, -0.25) is 0 Å². The van der Waals surface area contributed by atoms with Crippen LogP contribution >= 0.6 is 15.9 Å². The molecular formula is C11H14BrN. The van der Waals surface area contributed by atoms with Crippen LogP contribution in [0.1, 0.15) is 24.5 Å². The monoisotopic (exact) mass is 239 g/mol. The summed E-state index contributed by atoms with van der Waals surface area (Å²) in [7, 11) is 0. The lowest BCUT2D eigenvalue weighted by Crippen LogP contribution is -2.23. The predicted molar refractivity (Wildman–Crippen MR) is 58.8 cm³/mol. The van der Waals surface area contributed by atoms with Gasteiger partial charge in [-0.15, -0.1) is 0 Å². The Morgan fingerprint density at radius 1 is 1.46 bits per heavy atom. The van der Waals surface area contributed by atoms with E-state index >= 15 is 0 Å². The maximum Gasteiger partial charge on any atom is 0.0211 e. The number of nitrogens with one attached hydrogen (secondary N) is 1. The van der Waals surface area contributed by atoms with E-state index in [-0.39, 0.29) is 0 Å². The lowest BCUT2D eigenvalue weighted by molar-refractivity contribution is 0.534. The van der Waals surface area contributed by atoms with E-state index in [9.17, 15) is 0 Å². The molecule has 1 aromatic carbocycles. The van der Waals surface area contributed by atoms with Crippen LogP contribution < -0.4 is 5.32 Å². The molecule has 1 aromatic rings. The fourth-order valence-electron chi connectivity index (χ4n) is 1.80. The van der Waals surface area contributed by atoms with Gasteiger partial charge < -0.3 is 5.32 Å². The summed E-state index contributed by atoms with van der Waals surface area (Å²) < 4.78 is 1.26. The van der Waals surface area contributed by atoms with Crippen LogP contribution in [-0.4, -0.2) is 6.04 Å². The van der Waals surface area contributed by atoms with Crippen molar-refractivity contribution in [2.75, 3.05) is 0 Å². The van der Waals surface area contributed by atoms with Crippen LogP contribution in [-0.2, 0) is 13.0 Å². The minimum atomic E-state index is 0.638. The molecule has 0 saturated carbocycles. The molecule has 2 heteroatoms. The first-order chi connectivity index (χ1) is 6.27. The number of rotatable bonds is 0. The number of halogens is 1. The van der Waals surface area contributed by atoms with Gasteiger partial charge in [0.25, 0.3) is 0 Å². The first-order valence-electron chi connectivity index (χ1n) is 4.77. The van der Waals surface area contributed by atoms with E-state index in [4.69, 9.17) is 0 Å². The zero-order valence-electron chi connectivity index (χ0n) is 7.81. The van der Waals surface area contributed by atoms with Crippen molar-refractivity contribution in [3.63, 3.8) is 0 Å². The molecule has 0 saturated heterocycles. The Hall–Kier alpha value is -0.340. The molecule has 13 heavy (non-hydrogen) atoms. The minimum Gasteiger partial charge on any atom is -0.310 e. The first-order valence-corrected chi connectivity index (χ1v) is 5.56. The Bertz CT molecular complexity index is 309. The second-order valence-corrected chi connectivity index (χ2v) is 4.55. The lowest BCUT2D eigenvalue weighted by atomic mass is 10.0. The fraction of sp³-hybridized carbons (Fsp3) is 0.455. The number of fused-ring (bicyclic) bond motifs is 1. The summed E-state index contributed by atoms with van der Waals surface area (Å²) in [6, 6.07) is 7.10. The largest absolute Gasteiger partial charge is 0.310 e. The zero-order valence-corrected chi connectivity index (χ0v) is 9.39. The van der Waals surface area contributed by atoms with Crippen LogP contribution in [0.25, 0.3) is 0 Å². The highest BCUT2D eigenvalue weighted by Crippen LogP contribution is 2.24. The van der Waals surface area contributed by atoms with Crippen LogP contribution in [0.5, 0.6) is 0 Å². The molecule has 1 aliphatic rings. The molecule has 1 N–H and O–H groups in total. The Morgan fingerprint density at radius 3 is 3.15 bits per heavy atom. The van der Waals surface area contributed by atoms with Gasteiger partial charge in [0.1, 0.15) is 0 Å². The number of benzene rings is 1. The van der Waals surface area contributed by atoms with Crippen molar-refractivity contribution in [3.05, 3.63) is 33.8 Å². The van der Waals surface area contributed by atoms with Gasteiger partial charge in [-0.05, 0) is 37.0 Å². The van der Waals surface area contributed by atoms with Crippen LogP contribution in [0.4, 0.5) is 0 Å². The van der Waals surface area contributed by atoms with Gasteiger partial charge >= 0.3 is 0 Å². The van der Waals surface area contributed by atoms with E-state index in [1.54, 1.807) is 0 Å². The van der Waals surface area contributed by atoms with Crippen molar-refractivity contribution in [2.24, 2.45) is 0 Å². The standard InChI is InChI=1S/C11H14BrN/c1-8-5-6-10-9(7-13-8)3-2-4-11(10)12/h2-4,8,13H,5-7H2,1H3. The summed E-state index contributed by atoms with van der Waals surface area (Å²) in [6.45, 7) is 3.26. The van der Waals surface area contributed by atoms with Crippen molar-refractivity contribution in [3.8, 4) is 0 Å². The topological polar surface area (TPSA) is 12.0 Å². The SMILES string of the molecule is CC1CCc2c(Br)cccc2CN1. The molecule has 0 bridgehead atoms. The van der Waals surface area contributed by atoms with Gasteiger partial charge in [-0.1, -0.05) is 28.1 Å². The van der Waals surface area contributed by atoms with Crippen LogP contribution in [0, 0.1) is 0 Å². The van der Waals surface area contributed by atoms with E-state index < -0.39 is 0 Å². The van der Waals surface area contributed by atoms with Gasteiger partial charge in [0, 0.05) is 17.1 Å². The molecule has 0 spiro atoms. The number of hydrogen-bond acceptors (Lipinski definition) is 1. The van der Waals surface area contributed by atoms with Gasteiger partial charge in [0.05, 0.1) is 0 Å². The van der Waals surface area contributed by atoms with Crippen molar-refractivity contribution in [2.45, 2.75) is 32.4 Å². The summed E-state index contributed by atoms with van der Waals surface area (Å²) >= 11 is 3.61. The van der Waals surface area contributed by atoms with Crippen LogP contribution in [0.3, 0.4) is 0 Å². The molecular weight excluding hydrogens is 226 g/mol. The van der Waals surface area contributed by atoms with Crippen LogP contribution in [0.15, 0.2) is 22.7 Å². The van der Waals surface area contributed by atoms with E-state index in [1.165, 1.54) is 28.4 Å². The second kappa shape index (κ2) is 3.81. The third kappa shape index (κ3) is 1.94. The average Bonchev–Trinajstić information content (AvgIpc) is 2.30. The van der Waals surface area contributed by atoms with E-state index in [2.05, 4.69) is 46.4 Å². The second-order valence-electron chi connectivity index (χ2n) is 3.70. The highest BCUT2D eigenvalue weighted by molar-refractivity contribution is 9.10. The Labute approximate surface area is 87.7 Å². The molecule has 1 heterocycles. The Morgan fingerprint density at radius 2 is 2.31 bits per heavy atom. The van der Waals surface area contributed by atoms with Crippen molar-refractivity contribution in [1.29, 1.82) is 0 Å². The molecule has 1 atom stereocenters. The molecule has 0 radical (unpaired) electrons. The molecule has 1 nitrogen and oxygen atoms in total. The van der Waals surface area contributed by atoms with Gasteiger partial charge in [-0.2, -0.15) is 0 Å². The summed E-state index contributed by atoms with van der Waals surface area (Å²) in [5.41, 5.74) is 2.93. The molecule has 0 aliphatic carbocycles. The normalized spacial score (nSPS) is 22.2. The Balaban J connectivity index is 2.35. The predicted octanol–water partition coefficient (Wildman–Crippen LogP) is 2.87. The maximum atomic E-state index is 3.61. The molecule has 1 aliphatic heterocycles.